The predicted octanol–water partition coefficient (Wildman–Crippen LogP) is 0.807. The van der Waals surface area contributed by atoms with Crippen molar-refractivity contribution in [2.75, 3.05) is 6.54 Å². The monoisotopic (exact) mass is 190 g/mol. The Labute approximate surface area is 81.5 Å². The SMILES string of the molecule is CCNN1C(=O)c2ccccc2C1=O. The van der Waals surface area contributed by atoms with Gasteiger partial charge in [0, 0.05) is 6.54 Å². The fourth-order valence-electron chi connectivity index (χ4n) is 1.49. The number of imide groups is 1. The number of carbonyl (C=O) groups excluding carboxylic acids is 2. The van der Waals surface area contributed by atoms with Gasteiger partial charge in [-0.15, -0.1) is 0 Å². The van der Waals surface area contributed by atoms with Crippen LogP contribution in [0.1, 0.15) is 27.6 Å². The number of nitrogens with zero attached hydrogens (tertiary/aromatic N) is 1. The van der Waals surface area contributed by atoms with E-state index in [-0.39, 0.29) is 11.8 Å². The van der Waals surface area contributed by atoms with Crippen molar-refractivity contribution in [3.05, 3.63) is 35.4 Å². The fraction of sp³-hybridized carbons (Fsp3) is 0.200. The van der Waals surface area contributed by atoms with Crippen LogP contribution in [0.4, 0.5) is 0 Å². The molecule has 2 rings (SSSR count). The first-order valence-corrected chi connectivity index (χ1v) is 4.47. The first kappa shape index (κ1) is 8.90. The van der Waals surface area contributed by atoms with Crippen molar-refractivity contribution < 1.29 is 9.59 Å². The minimum Gasteiger partial charge on any atom is -0.267 e. The molecule has 1 aliphatic heterocycles. The second-order valence-electron chi connectivity index (χ2n) is 3.00. The van der Waals surface area contributed by atoms with Gasteiger partial charge >= 0.3 is 0 Å². The van der Waals surface area contributed by atoms with Gasteiger partial charge in [-0.25, -0.2) is 10.4 Å². The lowest BCUT2D eigenvalue weighted by molar-refractivity contribution is 0.0571. The molecular formula is C10H10N2O2. The van der Waals surface area contributed by atoms with E-state index in [2.05, 4.69) is 5.43 Å². The zero-order valence-electron chi connectivity index (χ0n) is 7.78. The standard InChI is InChI=1S/C10H10N2O2/c1-2-11-12-9(13)7-5-3-4-6-8(7)10(12)14/h3-6,11H,2H2,1H3. The molecule has 1 heterocycles. The topological polar surface area (TPSA) is 49.4 Å². The molecule has 1 N–H and O–H groups in total. The number of hydrazine groups is 1. The minimum absolute atomic E-state index is 0.271. The summed E-state index contributed by atoms with van der Waals surface area (Å²) in [5, 5.41) is 1.06. The quantitative estimate of drug-likeness (QED) is 0.702. The molecule has 1 aliphatic rings. The molecular weight excluding hydrogens is 180 g/mol. The van der Waals surface area contributed by atoms with Crippen LogP contribution in [0.15, 0.2) is 24.3 Å². The molecule has 0 spiro atoms. The number of amides is 2. The smallest absolute Gasteiger partial charge is 0.267 e. The van der Waals surface area contributed by atoms with E-state index in [0.717, 1.165) is 5.01 Å². The Hall–Kier alpha value is -1.68. The van der Waals surface area contributed by atoms with Crippen LogP contribution in [0.2, 0.25) is 0 Å². The molecule has 14 heavy (non-hydrogen) atoms. The Morgan fingerprint density at radius 2 is 1.64 bits per heavy atom. The van der Waals surface area contributed by atoms with Gasteiger partial charge in [0.1, 0.15) is 0 Å². The average molecular weight is 190 g/mol. The number of hydrogen-bond acceptors (Lipinski definition) is 3. The molecule has 1 aromatic rings. The van der Waals surface area contributed by atoms with Gasteiger partial charge in [-0.1, -0.05) is 19.1 Å². The van der Waals surface area contributed by atoms with Gasteiger partial charge in [0.25, 0.3) is 11.8 Å². The molecule has 1 aromatic carbocycles. The summed E-state index contributed by atoms with van der Waals surface area (Å²) >= 11 is 0. The molecule has 0 unspecified atom stereocenters. The summed E-state index contributed by atoms with van der Waals surface area (Å²) in [6, 6.07) is 6.82. The third kappa shape index (κ3) is 1.12. The lowest BCUT2D eigenvalue weighted by Crippen LogP contribution is -2.42. The van der Waals surface area contributed by atoms with Gasteiger partial charge < -0.3 is 0 Å². The largest absolute Gasteiger partial charge is 0.276 e. The van der Waals surface area contributed by atoms with Crippen molar-refractivity contribution in [3.63, 3.8) is 0 Å². The number of fused-ring (bicyclic) bond motifs is 1. The van der Waals surface area contributed by atoms with Crippen LogP contribution in [0.5, 0.6) is 0 Å². The van der Waals surface area contributed by atoms with Gasteiger partial charge in [-0.3, -0.25) is 9.59 Å². The maximum Gasteiger partial charge on any atom is 0.276 e. The third-order valence-electron chi connectivity index (χ3n) is 2.11. The van der Waals surface area contributed by atoms with Crippen molar-refractivity contribution in [2.45, 2.75) is 6.92 Å². The van der Waals surface area contributed by atoms with E-state index in [1.54, 1.807) is 24.3 Å². The van der Waals surface area contributed by atoms with Gasteiger partial charge in [-0.05, 0) is 12.1 Å². The van der Waals surface area contributed by atoms with E-state index in [9.17, 15) is 9.59 Å². The molecule has 0 saturated carbocycles. The van der Waals surface area contributed by atoms with Crippen LogP contribution >= 0.6 is 0 Å². The van der Waals surface area contributed by atoms with Gasteiger partial charge in [0.15, 0.2) is 0 Å². The Morgan fingerprint density at radius 3 is 2.07 bits per heavy atom. The van der Waals surface area contributed by atoms with Crippen molar-refractivity contribution in [1.82, 2.24) is 10.4 Å². The predicted molar refractivity (Wildman–Crippen MR) is 50.6 cm³/mol. The van der Waals surface area contributed by atoms with Crippen molar-refractivity contribution >= 4 is 11.8 Å². The maximum absolute atomic E-state index is 11.6. The zero-order valence-corrected chi connectivity index (χ0v) is 7.78. The molecule has 72 valence electrons. The molecule has 0 atom stereocenters. The second-order valence-corrected chi connectivity index (χ2v) is 3.00. The molecule has 0 bridgehead atoms. The number of carbonyl (C=O) groups is 2. The molecule has 0 aromatic heterocycles. The van der Waals surface area contributed by atoms with E-state index in [1.165, 1.54) is 0 Å². The van der Waals surface area contributed by atoms with Crippen LogP contribution in [0.3, 0.4) is 0 Å². The van der Waals surface area contributed by atoms with Crippen LogP contribution < -0.4 is 5.43 Å². The number of nitrogens with one attached hydrogen (secondary N) is 1. The summed E-state index contributed by atoms with van der Waals surface area (Å²) in [4.78, 5) is 23.3. The van der Waals surface area contributed by atoms with Gasteiger partial charge in [0.05, 0.1) is 11.1 Å². The summed E-state index contributed by atoms with van der Waals surface area (Å²) in [6.07, 6.45) is 0. The van der Waals surface area contributed by atoms with Crippen LogP contribution in [-0.4, -0.2) is 23.4 Å². The third-order valence-corrected chi connectivity index (χ3v) is 2.11. The summed E-state index contributed by atoms with van der Waals surface area (Å²) in [7, 11) is 0. The highest BCUT2D eigenvalue weighted by atomic mass is 16.2. The van der Waals surface area contributed by atoms with E-state index in [0.29, 0.717) is 17.7 Å². The van der Waals surface area contributed by atoms with Crippen LogP contribution in [0.25, 0.3) is 0 Å². The van der Waals surface area contributed by atoms with E-state index in [1.807, 2.05) is 6.92 Å². The molecule has 2 amide bonds. The van der Waals surface area contributed by atoms with Crippen LogP contribution in [-0.2, 0) is 0 Å². The number of hydrogen-bond donors (Lipinski definition) is 1. The molecule has 0 fully saturated rings. The maximum atomic E-state index is 11.6. The summed E-state index contributed by atoms with van der Waals surface area (Å²) in [5.74, 6) is -0.542. The first-order chi connectivity index (χ1) is 6.75. The lowest BCUT2D eigenvalue weighted by atomic mass is 10.1. The highest BCUT2D eigenvalue weighted by molar-refractivity contribution is 6.20. The number of rotatable bonds is 2. The Balaban J connectivity index is 2.43. The van der Waals surface area contributed by atoms with E-state index >= 15 is 0 Å². The van der Waals surface area contributed by atoms with Crippen LogP contribution in [0, 0.1) is 0 Å². The second kappa shape index (κ2) is 3.23. The first-order valence-electron chi connectivity index (χ1n) is 4.47. The highest BCUT2D eigenvalue weighted by Gasteiger charge is 2.34. The van der Waals surface area contributed by atoms with E-state index in [4.69, 9.17) is 0 Å². The summed E-state index contributed by atoms with van der Waals surface area (Å²) in [6.45, 7) is 2.38. The normalized spacial score (nSPS) is 14.8. The zero-order chi connectivity index (χ0) is 10.1. The Bertz CT molecular complexity index is 366. The number of benzene rings is 1. The van der Waals surface area contributed by atoms with Gasteiger partial charge in [-0.2, -0.15) is 0 Å². The van der Waals surface area contributed by atoms with Crippen molar-refractivity contribution in [3.8, 4) is 0 Å². The minimum atomic E-state index is -0.271. The Kier molecular flexibility index (Phi) is 2.05. The molecule has 0 saturated heterocycles. The lowest BCUT2D eigenvalue weighted by Gasteiger charge is -2.12. The van der Waals surface area contributed by atoms with E-state index < -0.39 is 0 Å². The summed E-state index contributed by atoms with van der Waals surface area (Å²) in [5.41, 5.74) is 3.67. The summed E-state index contributed by atoms with van der Waals surface area (Å²) < 4.78 is 0. The Morgan fingerprint density at radius 1 is 1.14 bits per heavy atom. The van der Waals surface area contributed by atoms with Crippen molar-refractivity contribution in [2.24, 2.45) is 0 Å². The van der Waals surface area contributed by atoms with Crippen molar-refractivity contribution in [1.29, 1.82) is 0 Å². The molecule has 4 nitrogen and oxygen atoms in total. The molecule has 0 aliphatic carbocycles. The fourth-order valence-corrected chi connectivity index (χ4v) is 1.49. The molecule has 4 heteroatoms. The highest BCUT2D eigenvalue weighted by Crippen LogP contribution is 2.20. The molecule has 0 radical (unpaired) electrons. The van der Waals surface area contributed by atoms with Gasteiger partial charge in [0.2, 0.25) is 0 Å². The average Bonchev–Trinajstić information content (AvgIpc) is 2.45.